The Balaban J connectivity index is 2.51. The minimum atomic E-state index is -2.86. The van der Waals surface area contributed by atoms with E-state index in [1.165, 1.54) is 12.3 Å². The molecule has 1 aliphatic rings. The number of aliphatic hydroxyl groups is 1. The second-order valence-corrected chi connectivity index (χ2v) is 2.37. The van der Waals surface area contributed by atoms with Crippen molar-refractivity contribution in [3.63, 3.8) is 0 Å². The van der Waals surface area contributed by atoms with Crippen LogP contribution in [0.25, 0.3) is 0 Å². The summed E-state index contributed by atoms with van der Waals surface area (Å²) in [5, 5.41) is 8.69. The highest BCUT2D eigenvalue weighted by Crippen LogP contribution is 2.16. The van der Waals surface area contributed by atoms with Gasteiger partial charge in [-0.3, -0.25) is 0 Å². The molecule has 68 valence electrons. The lowest BCUT2D eigenvalue weighted by Crippen LogP contribution is -2.10. The summed E-state index contributed by atoms with van der Waals surface area (Å²) in [6.45, 7) is -2.94. The first-order valence-electron chi connectivity index (χ1n) is 3.52. The lowest BCUT2D eigenvalue weighted by atomic mass is 10.1. The van der Waals surface area contributed by atoms with Crippen molar-refractivity contribution in [2.24, 2.45) is 10.9 Å². The van der Waals surface area contributed by atoms with Crippen LogP contribution in [0.2, 0.25) is 0 Å². The summed E-state index contributed by atoms with van der Waals surface area (Å²) in [5.74, 6) is -0.272. The molecule has 0 bridgehead atoms. The highest BCUT2D eigenvalue weighted by atomic mass is 19.3. The molecule has 0 aromatic rings. The van der Waals surface area contributed by atoms with Gasteiger partial charge in [0.25, 0.3) is 0 Å². The van der Waals surface area contributed by atoms with Crippen LogP contribution in [0.15, 0.2) is 17.0 Å². The Hall–Kier alpha value is -0.970. The molecule has 1 atom stereocenters. The Kier molecular flexibility index (Phi) is 3.16. The van der Waals surface area contributed by atoms with Crippen LogP contribution in [-0.4, -0.2) is 24.5 Å². The summed E-state index contributed by atoms with van der Waals surface area (Å²) in [6, 6.07) is 0. The fourth-order valence-corrected chi connectivity index (χ4v) is 0.879. The zero-order chi connectivity index (χ0) is 8.97. The van der Waals surface area contributed by atoms with E-state index in [1.807, 2.05) is 0 Å². The van der Waals surface area contributed by atoms with E-state index in [0.717, 1.165) is 0 Å². The molecule has 0 aromatic carbocycles. The smallest absolute Gasteiger partial charge is 0.388 e. The summed E-state index contributed by atoms with van der Waals surface area (Å²) in [6.07, 6.45) is 3.41. The number of aliphatic hydroxyl groups excluding tert-OH is 1. The molecule has 1 unspecified atom stereocenters. The van der Waals surface area contributed by atoms with Crippen molar-refractivity contribution in [2.45, 2.75) is 13.0 Å². The van der Waals surface area contributed by atoms with Crippen LogP contribution in [0.5, 0.6) is 0 Å². The van der Waals surface area contributed by atoms with Crippen molar-refractivity contribution in [2.75, 3.05) is 6.61 Å². The number of hydrogen-bond acceptors (Lipinski definition) is 3. The minimum Gasteiger partial charge on any atom is -0.417 e. The zero-order valence-electron chi connectivity index (χ0n) is 6.28. The molecule has 5 heteroatoms. The van der Waals surface area contributed by atoms with Crippen molar-refractivity contribution in [1.82, 2.24) is 0 Å². The number of alkyl halides is 2. The van der Waals surface area contributed by atoms with Gasteiger partial charge in [-0.15, -0.1) is 0 Å². The molecule has 1 N–H and O–H groups in total. The first-order valence-corrected chi connectivity index (χ1v) is 3.52. The number of rotatable bonds is 3. The molecule has 0 aromatic heterocycles. The van der Waals surface area contributed by atoms with E-state index in [1.54, 1.807) is 0 Å². The largest absolute Gasteiger partial charge is 0.417 e. The van der Waals surface area contributed by atoms with Crippen LogP contribution in [0.3, 0.4) is 0 Å². The van der Waals surface area contributed by atoms with Crippen LogP contribution in [0.4, 0.5) is 8.78 Å². The molecule has 0 aliphatic carbocycles. The Morgan fingerprint density at radius 3 is 3.08 bits per heavy atom. The third kappa shape index (κ3) is 2.58. The van der Waals surface area contributed by atoms with Gasteiger partial charge in [-0.2, -0.15) is 8.78 Å². The maximum absolute atomic E-state index is 11.7. The van der Waals surface area contributed by atoms with Gasteiger partial charge in [-0.1, -0.05) is 0 Å². The van der Waals surface area contributed by atoms with E-state index < -0.39 is 6.61 Å². The number of aliphatic imine (C=N–C) groups is 1. The molecule has 1 heterocycles. The Labute approximate surface area is 68.4 Å². The van der Waals surface area contributed by atoms with Gasteiger partial charge >= 0.3 is 6.61 Å². The molecular weight excluding hydrogens is 168 g/mol. The van der Waals surface area contributed by atoms with Crippen LogP contribution >= 0.6 is 0 Å². The van der Waals surface area contributed by atoms with Gasteiger partial charge < -0.3 is 9.84 Å². The molecular formula is C7H9F2NO2. The molecule has 0 radical (unpaired) electrons. The average Bonchev–Trinajstić information content (AvgIpc) is 2.03. The Morgan fingerprint density at radius 2 is 2.50 bits per heavy atom. The van der Waals surface area contributed by atoms with Crippen molar-refractivity contribution >= 4 is 6.21 Å². The van der Waals surface area contributed by atoms with E-state index in [9.17, 15) is 8.78 Å². The molecule has 0 spiro atoms. The fraction of sp³-hybridized carbons (Fsp3) is 0.571. The average molecular weight is 177 g/mol. The highest BCUT2D eigenvalue weighted by molar-refractivity contribution is 5.60. The fourth-order valence-electron chi connectivity index (χ4n) is 0.879. The molecule has 1 rings (SSSR count). The Bertz CT molecular complexity index is 204. The number of halogens is 2. The lowest BCUT2D eigenvalue weighted by molar-refractivity contribution is -0.0974. The van der Waals surface area contributed by atoms with Crippen molar-refractivity contribution < 1.29 is 18.6 Å². The Morgan fingerprint density at radius 1 is 1.75 bits per heavy atom. The standard InChI is InChI=1S/C7H9F2NO2/c8-7(9)12-6-3-5(4-11)1-2-10-6/h2-3,5,7,11H,1,4H2. The van der Waals surface area contributed by atoms with Crippen molar-refractivity contribution in [3.8, 4) is 0 Å². The zero-order valence-corrected chi connectivity index (χ0v) is 6.28. The lowest BCUT2D eigenvalue weighted by Gasteiger charge is -2.13. The van der Waals surface area contributed by atoms with Crippen LogP contribution in [-0.2, 0) is 4.74 Å². The molecule has 12 heavy (non-hydrogen) atoms. The summed E-state index contributed by atoms with van der Waals surface area (Å²) in [5.41, 5.74) is 0. The van der Waals surface area contributed by atoms with Gasteiger partial charge in [0.2, 0.25) is 5.88 Å². The number of hydrogen-bond donors (Lipinski definition) is 1. The highest BCUT2D eigenvalue weighted by Gasteiger charge is 2.13. The van der Waals surface area contributed by atoms with Crippen molar-refractivity contribution in [1.29, 1.82) is 0 Å². The third-order valence-corrected chi connectivity index (χ3v) is 1.45. The van der Waals surface area contributed by atoms with E-state index in [4.69, 9.17) is 5.11 Å². The summed E-state index contributed by atoms with van der Waals surface area (Å²) >= 11 is 0. The normalized spacial score (nSPS) is 22.7. The SMILES string of the molecule is OCC1C=C(OC(F)F)N=CC1. The predicted octanol–water partition coefficient (Wildman–Crippen LogP) is 1.15. The first-order chi connectivity index (χ1) is 5.72. The van der Waals surface area contributed by atoms with Gasteiger partial charge in [-0.05, 0) is 12.5 Å². The van der Waals surface area contributed by atoms with E-state index in [-0.39, 0.29) is 18.4 Å². The maximum Gasteiger partial charge on any atom is 0.388 e. The second-order valence-electron chi connectivity index (χ2n) is 2.37. The first kappa shape index (κ1) is 9.12. The summed E-state index contributed by atoms with van der Waals surface area (Å²) < 4.78 is 27.3. The third-order valence-electron chi connectivity index (χ3n) is 1.45. The van der Waals surface area contributed by atoms with E-state index in [2.05, 4.69) is 9.73 Å². The quantitative estimate of drug-likeness (QED) is 0.702. The number of ether oxygens (including phenoxy) is 1. The van der Waals surface area contributed by atoms with Gasteiger partial charge in [-0.25, -0.2) is 4.99 Å². The van der Waals surface area contributed by atoms with E-state index in [0.29, 0.717) is 6.42 Å². The van der Waals surface area contributed by atoms with Gasteiger partial charge in [0, 0.05) is 18.7 Å². The van der Waals surface area contributed by atoms with Gasteiger partial charge in [0.05, 0.1) is 0 Å². The molecule has 1 aliphatic heterocycles. The monoisotopic (exact) mass is 177 g/mol. The van der Waals surface area contributed by atoms with Crippen LogP contribution in [0, 0.1) is 5.92 Å². The molecule has 0 fully saturated rings. The molecule has 3 nitrogen and oxygen atoms in total. The van der Waals surface area contributed by atoms with Crippen LogP contribution in [0.1, 0.15) is 6.42 Å². The number of nitrogens with zero attached hydrogens (tertiary/aromatic N) is 1. The summed E-state index contributed by atoms with van der Waals surface area (Å²) in [4.78, 5) is 3.59. The van der Waals surface area contributed by atoms with E-state index >= 15 is 0 Å². The van der Waals surface area contributed by atoms with Gasteiger partial charge in [0.15, 0.2) is 0 Å². The molecule has 0 amide bonds. The van der Waals surface area contributed by atoms with Crippen LogP contribution < -0.4 is 0 Å². The molecule has 0 saturated carbocycles. The molecule has 0 saturated heterocycles. The predicted molar refractivity (Wildman–Crippen MR) is 38.9 cm³/mol. The topological polar surface area (TPSA) is 41.8 Å². The van der Waals surface area contributed by atoms with Crippen molar-refractivity contribution in [3.05, 3.63) is 12.0 Å². The summed E-state index contributed by atoms with van der Waals surface area (Å²) in [7, 11) is 0. The minimum absolute atomic E-state index is 0.0812. The second kappa shape index (κ2) is 4.15. The maximum atomic E-state index is 11.7. The van der Waals surface area contributed by atoms with Gasteiger partial charge in [0.1, 0.15) is 0 Å².